The van der Waals surface area contributed by atoms with Gasteiger partial charge in [0, 0.05) is 29.8 Å². The highest BCUT2D eigenvalue weighted by Gasteiger charge is 2.25. The zero-order valence-corrected chi connectivity index (χ0v) is 18.1. The number of nitrogens with one attached hydrogen (secondary N) is 2. The van der Waals surface area contributed by atoms with Gasteiger partial charge in [-0.3, -0.25) is 9.59 Å². The Morgan fingerprint density at radius 2 is 1.66 bits per heavy atom. The molecule has 0 spiro atoms. The maximum atomic E-state index is 12.7. The summed E-state index contributed by atoms with van der Waals surface area (Å²) < 4.78 is 27.6. The Bertz CT molecular complexity index is 987. The van der Waals surface area contributed by atoms with Crippen LogP contribution in [0.15, 0.2) is 57.9 Å². The van der Waals surface area contributed by atoms with Crippen molar-refractivity contribution in [1.29, 1.82) is 0 Å². The third kappa shape index (κ3) is 5.65. The van der Waals surface area contributed by atoms with Crippen molar-refractivity contribution in [3.05, 3.63) is 58.6 Å². The van der Waals surface area contributed by atoms with Crippen molar-refractivity contribution in [2.45, 2.75) is 30.7 Å². The fourth-order valence-electron chi connectivity index (χ4n) is 3.05. The summed E-state index contributed by atoms with van der Waals surface area (Å²) >= 11 is 3.30. The first kappa shape index (κ1) is 21.5. The third-order valence-electron chi connectivity index (χ3n) is 4.62. The number of benzene rings is 2. The van der Waals surface area contributed by atoms with E-state index in [1.807, 2.05) is 6.07 Å². The molecule has 2 aromatic carbocycles. The van der Waals surface area contributed by atoms with Gasteiger partial charge in [0.1, 0.15) is 0 Å². The first-order chi connectivity index (χ1) is 13.9. The molecule has 0 unspecified atom stereocenters. The minimum absolute atomic E-state index is 0.120. The van der Waals surface area contributed by atoms with E-state index >= 15 is 0 Å². The molecule has 0 radical (unpaired) electrons. The molecule has 154 valence electrons. The molecule has 9 heteroatoms. The van der Waals surface area contributed by atoms with E-state index in [9.17, 15) is 18.0 Å². The summed E-state index contributed by atoms with van der Waals surface area (Å²) in [6.45, 7) is 1.22. The van der Waals surface area contributed by atoms with E-state index in [1.54, 1.807) is 30.3 Å². The summed E-state index contributed by atoms with van der Waals surface area (Å²) in [5.41, 5.74) is 1.21. The summed E-state index contributed by atoms with van der Waals surface area (Å²) in [5.74, 6) is -1.54. The van der Waals surface area contributed by atoms with Gasteiger partial charge in [-0.1, -0.05) is 40.5 Å². The van der Waals surface area contributed by atoms with Crippen molar-refractivity contribution in [2.24, 2.45) is 0 Å². The van der Waals surface area contributed by atoms with Crippen LogP contribution in [0.5, 0.6) is 0 Å². The molecule has 7 nitrogen and oxygen atoms in total. The number of piperidine rings is 1. The van der Waals surface area contributed by atoms with Crippen molar-refractivity contribution in [2.75, 3.05) is 18.4 Å². The lowest BCUT2D eigenvalue weighted by atomic mass is 10.2. The van der Waals surface area contributed by atoms with E-state index in [1.165, 1.54) is 16.4 Å². The molecule has 1 aliphatic heterocycles. The van der Waals surface area contributed by atoms with Crippen molar-refractivity contribution >= 4 is 43.5 Å². The Kier molecular flexibility index (Phi) is 7.05. The lowest BCUT2D eigenvalue weighted by molar-refractivity contribution is -0.136. The van der Waals surface area contributed by atoms with Gasteiger partial charge in [-0.15, -0.1) is 0 Å². The van der Waals surface area contributed by atoms with Gasteiger partial charge < -0.3 is 10.6 Å². The lowest BCUT2D eigenvalue weighted by Crippen LogP contribution is -2.35. The van der Waals surface area contributed by atoms with Crippen LogP contribution in [0.4, 0.5) is 5.69 Å². The summed E-state index contributed by atoms with van der Waals surface area (Å²) in [6.07, 6.45) is 2.82. The van der Waals surface area contributed by atoms with Crippen LogP contribution in [0.25, 0.3) is 0 Å². The highest BCUT2D eigenvalue weighted by Crippen LogP contribution is 2.21. The van der Waals surface area contributed by atoms with Gasteiger partial charge in [0.25, 0.3) is 0 Å². The van der Waals surface area contributed by atoms with Crippen LogP contribution in [0, 0.1) is 0 Å². The van der Waals surface area contributed by atoms with Gasteiger partial charge in [-0.2, -0.15) is 4.31 Å². The number of hydrogen-bond donors (Lipinski definition) is 2. The molecular formula is C20H22BrN3O4S. The number of anilines is 1. The van der Waals surface area contributed by atoms with Crippen LogP contribution >= 0.6 is 15.9 Å². The number of rotatable bonds is 5. The second kappa shape index (κ2) is 9.51. The molecule has 0 saturated carbocycles. The molecular weight excluding hydrogens is 458 g/mol. The van der Waals surface area contributed by atoms with Crippen LogP contribution < -0.4 is 10.6 Å². The molecule has 1 saturated heterocycles. The van der Waals surface area contributed by atoms with Gasteiger partial charge in [0.2, 0.25) is 10.0 Å². The van der Waals surface area contributed by atoms with Crippen molar-refractivity contribution < 1.29 is 18.0 Å². The van der Waals surface area contributed by atoms with Crippen molar-refractivity contribution in [3.8, 4) is 0 Å². The highest BCUT2D eigenvalue weighted by molar-refractivity contribution is 9.10. The maximum absolute atomic E-state index is 12.7. The second-order valence-corrected chi connectivity index (χ2v) is 9.61. The van der Waals surface area contributed by atoms with Crippen molar-refractivity contribution in [3.63, 3.8) is 0 Å². The second-order valence-electron chi connectivity index (χ2n) is 6.76. The van der Waals surface area contributed by atoms with Crippen LogP contribution in [0.3, 0.4) is 0 Å². The monoisotopic (exact) mass is 479 g/mol. The number of hydrogen-bond acceptors (Lipinski definition) is 4. The average Bonchev–Trinajstić information content (AvgIpc) is 2.73. The summed E-state index contributed by atoms with van der Waals surface area (Å²) in [4.78, 5) is 24.2. The van der Waals surface area contributed by atoms with Gasteiger partial charge in [-0.05, 0) is 48.7 Å². The third-order valence-corrected chi connectivity index (χ3v) is 7.02. The molecule has 2 aromatic rings. The van der Waals surface area contributed by atoms with Crippen LogP contribution in [0.1, 0.15) is 24.8 Å². The first-order valence-corrected chi connectivity index (χ1v) is 11.5. The molecule has 0 atom stereocenters. The predicted molar refractivity (Wildman–Crippen MR) is 114 cm³/mol. The molecule has 0 aromatic heterocycles. The number of carbonyl (C=O) groups is 2. The molecule has 1 fully saturated rings. The lowest BCUT2D eigenvalue weighted by Gasteiger charge is -2.25. The molecule has 29 heavy (non-hydrogen) atoms. The van der Waals surface area contributed by atoms with Crippen LogP contribution in [-0.4, -0.2) is 37.6 Å². The average molecular weight is 480 g/mol. The number of halogens is 1. The summed E-state index contributed by atoms with van der Waals surface area (Å²) in [5, 5.41) is 5.05. The Hall–Kier alpha value is -2.23. The van der Waals surface area contributed by atoms with E-state index in [-0.39, 0.29) is 11.4 Å². The SMILES string of the molecule is O=C(NCc1ccc(S(=O)(=O)N2CCCCC2)cc1)C(=O)Nc1cccc(Br)c1. The molecule has 2 amide bonds. The smallest absolute Gasteiger partial charge is 0.313 e. The fraction of sp³-hybridized carbons (Fsp3) is 0.300. The largest absolute Gasteiger partial charge is 0.344 e. The van der Waals surface area contributed by atoms with Crippen molar-refractivity contribution in [1.82, 2.24) is 9.62 Å². The molecule has 2 N–H and O–H groups in total. The summed E-state index contributed by atoms with van der Waals surface area (Å²) in [6, 6.07) is 13.3. The topological polar surface area (TPSA) is 95.6 Å². The van der Waals surface area contributed by atoms with Gasteiger partial charge in [0.05, 0.1) is 4.90 Å². The minimum atomic E-state index is -3.48. The normalized spacial score (nSPS) is 14.9. The zero-order valence-electron chi connectivity index (χ0n) is 15.7. The number of sulfonamides is 1. The van der Waals surface area contributed by atoms with Crippen LogP contribution in [-0.2, 0) is 26.2 Å². The Labute approximate surface area is 178 Å². The fourth-order valence-corrected chi connectivity index (χ4v) is 4.97. The Balaban J connectivity index is 1.55. The minimum Gasteiger partial charge on any atom is -0.344 e. The number of carbonyl (C=O) groups excluding carboxylic acids is 2. The van der Waals surface area contributed by atoms with E-state index in [0.717, 1.165) is 23.7 Å². The zero-order chi connectivity index (χ0) is 20.9. The molecule has 1 aliphatic rings. The van der Waals surface area contributed by atoms with E-state index in [2.05, 4.69) is 26.6 Å². The molecule has 3 rings (SSSR count). The Morgan fingerprint density at radius 1 is 0.966 bits per heavy atom. The quantitative estimate of drug-likeness (QED) is 0.644. The highest BCUT2D eigenvalue weighted by atomic mass is 79.9. The summed E-state index contributed by atoms with van der Waals surface area (Å²) in [7, 11) is -3.48. The van der Waals surface area contributed by atoms with Gasteiger partial charge in [-0.25, -0.2) is 8.42 Å². The molecule has 1 heterocycles. The van der Waals surface area contributed by atoms with Crippen LogP contribution in [0.2, 0.25) is 0 Å². The number of nitrogens with zero attached hydrogens (tertiary/aromatic N) is 1. The van der Waals surface area contributed by atoms with E-state index in [4.69, 9.17) is 0 Å². The Morgan fingerprint density at radius 3 is 2.31 bits per heavy atom. The van der Waals surface area contributed by atoms with E-state index in [0.29, 0.717) is 24.3 Å². The number of amides is 2. The van der Waals surface area contributed by atoms with Gasteiger partial charge in [0.15, 0.2) is 0 Å². The molecule has 0 bridgehead atoms. The molecule has 0 aliphatic carbocycles. The van der Waals surface area contributed by atoms with E-state index < -0.39 is 21.8 Å². The maximum Gasteiger partial charge on any atom is 0.313 e. The standard InChI is InChI=1S/C20H22BrN3O4S/c21-16-5-4-6-17(13-16)23-20(26)19(25)22-14-15-7-9-18(10-8-15)29(27,28)24-11-2-1-3-12-24/h4-10,13H,1-3,11-12,14H2,(H,22,25)(H,23,26). The predicted octanol–water partition coefficient (Wildman–Crippen LogP) is 2.88. The van der Waals surface area contributed by atoms with Gasteiger partial charge >= 0.3 is 11.8 Å². The first-order valence-electron chi connectivity index (χ1n) is 9.30.